The normalized spacial score (nSPS) is 10.3. The van der Waals surface area contributed by atoms with Gasteiger partial charge in [-0.15, -0.1) is 0 Å². The summed E-state index contributed by atoms with van der Waals surface area (Å²) in [6.45, 7) is 4.31. The van der Waals surface area contributed by atoms with Gasteiger partial charge in [0.15, 0.2) is 0 Å². The summed E-state index contributed by atoms with van der Waals surface area (Å²) in [6.07, 6.45) is 0. The van der Waals surface area contributed by atoms with Crippen molar-refractivity contribution in [1.29, 1.82) is 0 Å². The molecule has 0 atom stereocenters. The van der Waals surface area contributed by atoms with Crippen molar-refractivity contribution in [3.8, 4) is 17.3 Å². The first-order valence-electron chi connectivity index (χ1n) is 6.03. The van der Waals surface area contributed by atoms with Crippen molar-refractivity contribution in [3.63, 3.8) is 0 Å². The number of pyridine rings is 2. The highest BCUT2D eigenvalue weighted by atomic mass is 35.5. The number of hydrogen-bond acceptors (Lipinski definition) is 4. The average Bonchev–Trinajstić information content (AvgIpc) is 2.37. The third kappa shape index (κ3) is 3.05. The molecule has 5 nitrogen and oxygen atoms in total. The lowest BCUT2D eigenvalue weighted by molar-refractivity contribution is 0.0696. The molecule has 0 fully saturated rings. The predicted molar refractivity (Wildman–Crippen MR) is 75.3 cm³/mol. The molecule has 20 heavy (non-hydrogen) atoms. The molecule has 0 spiro atoms. The summed E-state index contributed by atoms with van der Waals surface area (Å²) in [5.74, 6) is -0.607. The van der Waals surface area contributed by atoms with Crippen molar-refractivity contribution in [2.24, 2.45) is 0 Å². The number of rotatable bonds is 4. The average molecular weight is 293 g/mol. The van der Waals surface area contributed by atoms with E-state index < -0.39 is 5.97 Å². The molecule has 0 radical (unpaired) electrons. The van der Waals surface area contributed by atoms with Crippen LogP contribution in [0.3, 0.4) is 0 Å². The lowest BCUT2D eigenvalue weighted by Gasteiger charge is -2.07. The molecule has 0 unspecified atom stereocenters. The molecule has 2 aromatic heterocycles. The molecule has 0 saturated heterocycles. The fourth-order valence-corrected chi connectivity index (χ4v) is 1.96. The molecule has 2 rings (SSSR count). The molecule has 104 valence electrons. The van der Waals surface area contributed by atoms with Crippen LogP contribution in [0, 0.1) is 6.92 Å². The van der Waals surface area contributed by atoms with E-state index in [2.05, 4.69) is 9.97 Å². The molecule has 0 aromatic carbocycles. The summed E-state index contributed by atoms with van der Waals surface area (Å²) >= 11 is 5.86. The molecule has 2 aromatic rings. The number of aromatic carboxylic acids is 1. The Labute approximate surface area is 121 Å². The second kappa shape index (κ2) is 5.88. The van der Waals surface area contributed by atoms with E-state index in [1.807, 2.05) is 26.0 Å². The van der Waals surface area contributed by atoms with Crippen LogP contribution in [0.2, 0.25) is 5.15 Å². The smallest absolute Gasteiger partial charge is 0.338 e. The second-order valence-corrected chi connectivity index (χ2v) is 4.50. The van der Waals surface area contributed by atoms with Gasteiger partial charge in [0.1, 0.15) is 5.15 Å². The maximum absolute atomic E-state index is 10.9. The molecule has 0 aliphatic carbocycles. The van der Waals surface area contributed by atoms with Crippen molar-refractivity contribution < 1.29 is 14.6 Å². The van der Waals surface area contributed by atoms with Gasteiger partial charge in [-0.2, -0.15) is 0 Å². The quantitative estimate of drug-likeness (QED) is 0.876. The van der Waals surface area contributed by atoms with Crippen LogP contribution in [0.4, 0.5) is 0 Å². The highest BCUT2D eigenvalue weighted by Gasteiger charge is 2.12. The number of carbonyl (C=O) groups is 1. The van der Waals surface area contributed by atoms with Gasteiger partial charge >= 0.3 is 5.97 Å². The Balaban J connectivity index is 2.46. The van der Waals surface area contributed by atoms with Crippen LogP contribution >= 0.6 is 11.6 Å². The topological polar surface area (TPSA) is 72.3 Å². The van der Waals surface area contributed by atoms with E-state index in [9.17, 15) is 4.79 Å². The zero-order chi connectivity index (χ0) is 14.7. The Morgan fingerprint density at radius 1 is 1.30 bits per heavy atom. The number of carboxylic acid groups (broad SMARTS) is 1. The summed E-state index contributed by atoms with van der Waals surface area (Å²) in [5.41, 5.74) is 2.03. The lowest BCUT2D eigenvalue weighted by atomic mass is 10.1. The van der Waals surface area contributed by atoms with Crippen LogP contribution in [0.15, 0.2) is 24.3 Å². The Bertz CT molecular complexity index is 659. The predicted octanol–water partition coefficient (Wildman–Crippen LogP) is 3.20. The van der Waals surface area contributed by atoms with Gasteiger partial charge in [0, 0.05) is 6.07 Å². The molecular weight excluding hydrogens is 280 g/mol. The molecule has 0 amide bonds. The van der Waals surface area contributed by atoms with E-state index in [1.54, 1.807) is 6.07 Å². The number of aromatic nitrogens is 2. The van der Waals surface area contributed by atoms with E-state index in [0.29, 0.717) is 23.9 Å². The summed E-state index contributed by atoms with van der Waals surface area (Å²) < 4.78 is 5.38. The fourth-order valence-electron chi connectivity index (χ4n) is 1.72. The Morgan fingerprint density at radius 3 is 2.65 bits per heavy atom. The first-order chi connectivity index (χ1) is 9.51. The maximum Gasteiger partial charge on any atom is 0.338 e. The van der Waals surface area contributed by atoms with E-state index in [0.717, 1.165) is 5.56 Å². The van der Waals surface area contributed by atoms with Crippen molar-refractivity contribution in [2.75, 3.05) is 6.61 Å². The first kappa shape index (κ1) is 14.3. The number of halogens is 1. The van der Waals surface area contributed by atoms with Crippen LogP contribution in [0.1, 0.15) is 22.8 Å². The van der Waals surface area contributed by atoms with Crippen LogP contribution in [-0.2, 0) is 0 Å². The zero-order valence-corrected chi connectivity index (χ0v) is 11.8. The van der Waals surface area contributed by atoms with Crippen LogP contribution in [-0.4, -0.2) is 27.7 Å². The van der Waals surface area contributed by atoms with E-state index in [1.165, 1.54) is 6.07 Å². The highest BCUT2D eigenvalue weighted by Crippen LogP contribution is 2.23. The number of ether oxygens (including phenoxy) is 1. The van der Waals surface area contributed by atoms with Gasteiger partial charge in [-0.1, -0.05) is 11.6 Å². The summed E-state index contributed by atoms with van der Waals surface area (Å²) in [5, 5.41) is 8.87. The van der Waals surface area contributed by atoms with Gasteiger partial charge in [0.25, 0.3) is 0 Å². The van der Waals surface area contributed by atoms with Crippen molar-refractivity contribution >= 4 is 17.6 Å². The summed E-state index contributed by atoms with van der Waals surface area (Å²) in [4.78, 5) is 19.3. The SMILES string of the molecule is CCOc1cc(C)cc(-c2ccc(C(=O)O)c(Cl)n2)n1. The van der Waals surface area contributed by atoms with Gasteiger partial charge in [0.05, 0.1) is 23.6 Å². The monoisotopic (exact) mass is 292 g/mol. The minimum Gasteiger partial charge on any atom is -0.478 e. The third-order valence-corrected chi connectivity index (χ3v) is 2.87. The molecule has 0 aliphatic rings. The first-order valence-corrected chi connectivity index (χ1v) is 6.40. The minimum absolute atomic E-state index is 0.0342. The van der Waals surface area contributed by atoms with Crippen LogP contribution in [0.5, 0.6) is 5.88 Å². The maximum atomic E-state index is 10.9. The van der Waals surface area contributed by atoms with E-state index in [4.69, 9.17) is 21.4 Å². The van der Waals surface area contributed by atoms with Gasteiger partial charge in [-0.05, 0) is 37.6 Å². The number of nitrogens with zero attached hydrogens (tertiary/aromatic N) is 2. The molecule has 0 aliphatic heterocycles. The van der Waals surface area contributed by atoms with E-state index >= 15 is 0 Å². The Kier molecular flexibility index (Phi) is 4.20. The molecule has 1 N–H and O–H groups in total. The number of carboxylic acids is 1. The molecule has 0 saturated carbocycles. The number of aryl methyl sites for hydroxylation is 1. The van der Waals surface area contributed by atoms with Gasteiger partial charge in [-0.25, -0.2) is 14.8 Å². The van der Waals surface area contributed by atoms with Gasteiger partial charge < -0.3 is 9.84 Å². The zero-order valence-electron chi connectivity index (χ0n) is 11.1. The minimum atomic E-state index is -1.11. The fraction of sp³-hybridized carbons (Fsp3) is 0.214. The standard InChI is InChI=1S/C14H13ClN2O3/c1-3-20-12-7-8(2)6-11(16-12)10-5-4-9(14(18)19)13(15)17-10/h4-7H,3H2,1-2H3,(H,18,19). The Morgan fingerprint density at radius 2 is 2.05 bits per heavy atom. The van der Waals surface area contributed by atoms with Crippen molar-refractivity contribution in [1.82, 2.24) is 9.97 Å². The van der Waals surface area contributed by atoms with Crippen LogP contribution in [0.25, 0.3) is 11.4 Å². The molecule has 2 heterocycles. The van der Waals surface area contributed by atoms with Gasteiger partial charge in [-0.3, -0.25) is 0 Å². The number of hydrogen-bond donors (Lipinski definition) is 1. The second-order valence-electron chi connectivity index (χ2n) is 4.14. The largest absolute Gasteiger partial charge is 0.478 e. The lowest BCUT2D eigenvalue weighted by Crippen LogP contribution is -2.01. The Hall–Kier alpha value is -2.14. The molecule has 6 heteroatoms. The molecular formula is C14H13ClN2O3. The van der Waals surface area contributed by atoms with Gasteiger partial charge in [0.2, 0.25) is 5.88 Å². The van der Waals surface area contributed by atoms with Crippen LogP contribution < -0.4 is 4.74 Å². The highest BCUT2D eigenvalue weighted by molar-refractivity contribution is 6.32. The van der Waals surface area contributed by atoms with Crippen molar-refractivity contribution in [3.05, 3.63) is 40.5 Å². The third-order valence-electron chi connectivity index (χ3n) is 2.58. The summed E-state index contributed by atoms with van der Waals surface area (Å²) in [6, 6.07) is 6.64. The van der Waals surface area contributed by atoms with E-state index in [-0.39, 0.29) is 10.7 Å². The van der Waals surface area contributed by atoms with Crippen molar-refractivity contribution in [2.45, 2.75) is 13.8 Å². The summed E-state index contributed by atoms with van der Waals surface area (Å²) in [7, 11) is 0. The molecule has 0 bridgehead atoms.